The van der Waals surface area contributed by atoms with Crippen LogP contribution in [0.4, 0.5) is 10.2 Å². The number of benzene rings is 1. The number of halogens is 1. The van der Waals surface area contributed by atoms with Crippen LogP contribution in [-0.4, -0.2) is 43.1 Å². The number of anilines is 1. The highest BCUT2D eigenvalue weighted by Gasteiger charge is 2.21. The molecule has 0 fully saturated rings. The molecule has 3 aromatic heterocycles. The Balaban J connectivity index is 1.66. The van der Waals surface area contributed by atoms with Gasteiger partial charge < -0.3 is 14.6 Å². The molecule has 0 aliphatic carbocycles. The van der Waals surface area contributed by atoms with E-state index in [2.05, 4.69) is 44.4 Å². The molecule has 1 N–H and O–H groups in total. The van der Waals surface area contributed by atoms with E-state index in [4.69, 9.17) is 0 Å². The highest BCUT2D eigenvalue weighted by molar-refractivity contribution is 5.60. The summed E-state index contributed by atoms with van der Waals surface area (Å²) in [4.78, 5) is 10.8. The summed E-state index contributed by atoms with van der Waals surface area (Å²) in [6, 6.07) is 13.8. The monoisotopic (exact) mass is 460 g/mol. The van der Waals surface area contributed by atoms with E-state index in [1.54, 1.807) is 6.33 Å². The maximum absolute atomic E-state index is 13.5. The Morgan fingerprint density at radius 1 is 1.03 bits per heavy atom. The first kappa shape index (κ1) is 23.5. The van der Waals surface area contributed by atoms with Crippen LogP contribution in [0.5, 0.6) is 0 Å². The van der Waals surface area contributed by atoms with E-state index in [0.29, 0.717) is 22.9 Å². The van der Waals surface area contributed by atoms with Gasteiger partial charge in [0.05, 0.1) is 41.7 Å². The fourth-order valence-corrected chi connectivity index (χ4v) is 4.03. The molecule has 0 amide bonds. The predicted octanol–water partition coefficient (Wildman–Crippen LogP) is 4.68. The van der Waals surface area contributed by atoms with Crippen LogP contribution < -0.4 is 4.90 Å². The molecule has 176 valence electrons. The Morgan fingerprint density at radius 3 is 2.41 bits per heavy atom. The number of hydrogen-bond donors (Lipinski definition) is 1. The second-order valence-electron chi connectivity index (χ2n) is 8.45. The molecule has 4 rings (SSSR count). The van der Waals surface area contributed by atoms with Crippen LogP contribution >= 0.6 is 0 Å². The number of aliphatic hydroxyl groups is 1. The molecule has 3 heterocycles. The van der Waals surface area contributed by atoms with Crippen LogP contribution in [-0.2, 0) is 6.61 Å². The molecule has 8 heteroatoms. The molecule has 0 saturated heterocycles. The van der Waals surface area contributed by atoms with Gasteiger partial charge in [-0.25, -0.2) is 14.4 Å². The lowest BCUT2D eigenvalue weighted by Gasteiger charge is -2.30. The summed E-state index contributed by atoms with van der Waals surface area (Å²) in [5.41, 5.74) is 6.49. The molecular weight excluding hydrogens is 431 g/mol. The second kappa shape index (κ2) is 10.1. The van der Waals surface area contributed by atoms with Gasteiger partial charge in [0.2, 0.25) is 0 Å². The molecular formula is C26H29FN6O. The lowest BCUT2D eigenvalue weighted by molar-refractivity contribution is 0.276. The van der Waals surface area contributed by atoms with E-state index in [9.17, 15) is 9.50 Å². The van der Waals surface area contributed by atoms with Gasteiger partial charge in [0.15, 0.2) is 5.82 Å². The van der Waals surface area contributed by atoms with Crippen molar-refractivity contribution in [1.29, 1.82) is 0 Å². The van der Waals surface area contributed by atoms with E-state index < -0.39 is 6.67 Å². The summed E-state index contributed by atoms with van der Waals surface area (Å²) in [5, 5.41) is 18.8. The Hall–Kier alpha value is -3.65. The van der Waals surface area contributed by atoms with Gasteiger partial charge in [-0.05, 0) is 57.0 Å². The quantitative estimate of drug-likeness (QED) is 0.411. The first-order valence-corrected chi connectivity index (χ1v) is 11.3. The summed E-state index contributed by atoms with van der Waals surface area (Å²) in [6.45, 7) is 7.44. The molecule has 0 spiro atoms. The Morgan fingerprint density at radius 2 is 1.79 bits per heavy atom. The third-order valence-electron chi connectivity index (χ3n) is 5.94. The van der Waals surface area contributed by atoms with Gasteiger partial charge in [-0.15, -0.1) is 10.2 Å². The number of aliphatic hydroxyl groups excluding tert-OH is 1. The van der Waals surface area contributed by atoms with E-state index in [1.807, 2.05) is 61.6 Å². The third kappa shape index (κ3) is 4.82. The van der Waals surface area contributed by atoms with Crippen molar-refractivity contribution in [2.45, 2.75) is 40.3 Å². The summed E-state index contributed by atoms with van der Waals surface area (Å²) in [7, 11) is 0. The zero-order valence-electron chi connectivity index (χ0n) is 19.9. The van der Waals surface area contributed by atoms with Gasteiger partial charge in [-0.2, -0.15) is 0 Å². The van der Waals surface area contributed by atoms with Crippen molar-refractivity contribution in [2.75, 3.05) is 18.1 Å². The first-order chi connectivity index (χ1) is 16.4. The van der Waals surface area contributed by atoms with E-state index >= 15 is 0 Å². The van der Waals surface area contributed by atoms with Crippen LogP contribution in [0.1, 0.15) is 41.0 Å². The number of nitrogens with zero attached hydrogens (tertiary/aromatic N) is 6. The van der Waals surface area contributed by atoms with E-state index in [1.165, 1.54) is 5.56 Å². The molecule has 0 radical (unpaired) electrons. The molecule has 0 aliphatic rings. The highest BCUT2D eigenvalue weighted by atomic mass is 19.1. The Bertz CT molecular complexity index is 1270. The molecule has 4 aromatic rings. The number of rotatable bonds is 8. The number of imidazole rings is 1. The normalized spacial score (nSPS) is 12.1. The number of hydrogen-bond acceptors (Lipinski definition) is 6. The SMILES string of the molecule is Cc1ccc([C@H](C)N(CCF)c2nnc(-c3ccc(-n4cnc(C)c4)c(CO)n3)cc2C)cc1. The Kier molecular flexibility index (Phi) is 6.98. The maximum Gasteiger partial charge on any atom is 0.154 e. The molecule has 0 bridgehead atoms. The van der Waals surface area contributed by atoms with Crippen LogP contribution in [0.3, 0.4) is 0 Å². The summed E-state index contributed by atoms with van der Waals surface area (Å²) in [6.07, 6.45) is 3.57. The third-order valence-corrected chi connectivity index (χ3v) is 5.94. The number of aryl methyl sites for hydroxylation is 3. The van der Waals surface area contributed by atoms with Crippen molar-refractivity contribution in [3.63, 3.8) is 0 Å². The van der Waals surface area contributed by atoms with Gasteiger partial charge in [0.1, 0.15) is 12.4 Å². The van der Waals surface area contributed by atoms with Gasteiger partial charge in [0, 0.05) is 12.7 Å². The van der Waals surface area contributed by atoms with Crippen LogP contribution in [0.15, 0.2) is 55.0 Å². The van der Waals surface area contributed by atoms with E-state index in [-0.39, 0.29) is 19.2 Å². The van der Waals surface area contributed by atoms with Crippen molar-refractivity contribution >= 4 is 5.82 Å². The van der Waals surface area contributed by atoms with Crippen LogP contribution in [0, 0.1) is 20.8 Å². The number of aromatic nitrogens is 5. The van der Waals surface area contributed by atoms with E-state index in [0.717, 1.165) is 22.5 Å². The van der Waals surface area contributed by atoms with Gasteiger partial charge in [-0.3, -0.25) is 0 Å². The fraction of sp³-hybridized carbons (Fsp3) is 0.308. The van der Waals surface area contributed by atoms with Crippen molar-refractivity contribution in [2.24, 2.45) is 0 Å². The standard InChI is InChI=1S/C26H29FN6O/c1-17-5-7-21(8-6-17)20(4)33(12-11-27)26-18(2)13-23(30-31-26)22-9-10-25(24(15-34)29-22)32-14-19(3)28-16-32/h5-10,13-14,16,20,34H,11-12,15H2,1-4H3/t20-/m0/s1. The predicted molar refractivity (Wildman–Crippen MR) is 131 cm³/mol. The average molecular weight is 461 g/mol. The van der Waals surface area contributed by atoms with Crippen LogP contribution in [0.2, 0.25) is 0 Å². The topological polar surface area (TPSA) is 80.0 Å². The fourth-order valence-electron chi connectivity index (χ4n) is 4.03. The lowest BCUT2D eigenvalue weighted by atomic mass is 10.0. The molecule has 0 unspecified atom stereocenters. The minimum atomic E-state index is -0.490. The second-order valence-corrected chi connectivity index (χ2v) is 8.45. The van der Waals surface area contributed by atoms with Crippen molar-refractivity contribution < 1.29 is 9.50 Å². The summed E-state index contributed by atoms with van der Waals surface area (Å²) in [5.74, 6) is 0.641. The minimum absolute atomic E-state index is 0.0627. The summed E-state index contributed by atoms with van der Waals surface area (Å²) >= 11 is 0. The van der Waals surface area contributed by atoms with Crippen molar-refractivity contribution in [3.05, 3.63) is 83.1 Å². The molecule has 0 saturated carbocycles. The molecule has 7 nitrogen and oxygen atoms in total. The Labute approximate surface area is 199 Å². The van der Waals surface area contributed by atoms with Crippen molar-refractivity contribution in [1.82, 2.24) is 24.7 Å². The van der Waals surface area contributed by atoms with Gasteiger partial charge in [0.25, 0.3) is 0 Å². The minimum Gasteiger partial charge on any atom is -0.390 e. The molecule has 0 aliphatic heterocycles. The largest absolute Gasteiger partial charge is 0.390 e. The highest BCUT2D eigenvalue weighted by Crippen LogP contribution is 2.29. The lowest BCUT2D eigenvalue weighted by Crippen LogP contribution is -2.30. The first-order valence-electron chi connectivity index (χ1n) is 11.3. The zero-order chi connectivity index (χ0) is 24.2. The van der Waals surface area contributed by atoms with Gasteiger partial charge in [-0.1, -0.05) is 29.8 Å². The molecule has 1 atom stereocenters. The van der Waals surface area contributed by atoms with Gasteiger partial charge >= 0.3 is 0 Å². The number of alkyl halides is 1. The average Bonchev–Trinajstić information content (AvgIpc) is 3.28. The smallest absolute Gasteiger partial charge is 0.154 e. The molecule has 34 heavy (non-hydrogen) atoms. The summed E-state index contributed by atoms with van der Waals surface area (Å²) < 4.78 is 15.3. The van der Waals surface area contributed by atoms with Crippen LogP contribution in [0.25, 0.3) is 17.1 Å². The zero-order valence-corrected chi connectivity index (χ0v) is 19.9. The number of pyridine rings is 1. The van der Waals surface area contributed by atoms with Crippen molar-refractivity contribution in [3.8, 4) is 17.1 Å². The maximum atomic E-state index is 13.5. The molecule has 1 aromatic carbocycles.